The lowest BCUT2D eigenvalue weighted by Gasteiger charge is -2.13. The van der Waals surface area contributed by atoms with Gasteiger partial charge in [-0.2, -0.15) is 0 Å². The number of hydrogen-bond donors (Lipinski definition) is 0. The highest BCUT2D eigenvalue weighted by atomic mass is 32.2. The number of rotatable bonds is 7. The van der Waals surface area contributed by atoms with Gasteiger partial charge in [-0.1, -0.05) is 6.92 Å². The zero-order valence-electron chi connectivity index (χ0n) is 9.96. The van der Waals surface area contributed by atoms with E-state index in [1.807, 2.05) is 6.92 Å². The minimum absolute atomic E-state index is 0.136. The molecule has 0 N–H and O–H groups in total. The Labute approximate surface area is 107 Å². The molecule has 17 heavy (non-hydrogen) atoms. The molecule has 1 aromatic rings. The molecule has 0 spiro atoms. The Kier molecular flexibility index (Phi) is 6.48. The Bertz CT molecular complexity index is 358. The fraction of sp³-hybridized carbons (Fsp3) is 0.455. The predicted octanol–water partition coefficient (Wildman–Crippen LogP) is 4.10. The van der Waals surface area contributed by atoms with Crippen molar-refractivity contribution in [1.82, 2.24) is 0 Å². The highest BCUT2D eigenvalue weighted by Crippen LogP contribution is 2.42. The van der Waals surface area contributed by atoms with E-state index in [9.17, 15) is 10.1 Å². The molecule has 0 saturated carbocycles. The van der Waals surface area contributed by atoms with E-state index in [1.54, 1.807) is 23.9 Å². The molecule has 4 nitrogen and oxygen atoms in total. The maximum Gasteiger partial charge on any atom is 0.269 e. The molecule has 0 bridgehead atoms. The van der Waals surface area contributed by atoms with Gasteiger partial charge in [0.15, 0.2) is 0 Å². The van der Waals surface area contributed by atoms with E-state index < -0.39 is 0 Å². The van der Waals surface area contributed by atoms with Crippen molar-refractivity contribution in [3.05, 3.63) is 34.4 Å². The topological polar surface area (TPSA) is 52.4 Å². The third-order valence-corrected chi connectivity index (χ3v) is 5.69. The highest BCUT2D eigenvalue weighted by molar-refractivity contribution is 8.04. The molecule has 0 saturated heterocycles. The molecular formula is C11H16NO3PS. The Morgan fingerprint density at radius 1 is 1.35 bits per heavy atom. The maximum atomic E-state index is 10.5. The molecule has 0 aliphatic carbocycles. The first-order chi connectivity index (χ1) is 8.17. The van der Waals surface area contributed by atoms with E-state index in [-0.39, 0.29) is 18.8 Å². The van der Waals surface area contributed by atoms with Crippen LogP contribution in [0.15, 0.2) is 29.2 Å². The van der Waals surface area contributed by atoms with Crippen molar-refractivity contribution in [2.45, 2.75) is 18.7 Å². The van der Waals surface area contributed by atoms with Gasteiger partial charge in [-0.15, -0.1) is 11.8 Å². The van der Waals surface area contributed by atoms with Crippen LogP contribution in [0.3, 0.4) is 0 Å². The minimum Gasteiger partial charge on any atom is -0.359 e. The van der Waals surface area contributed by atoms with E-state index in [4.69, 9.17) is 4.52 Å². The van der Waals surface area contributed by atoms with Crippen molar-refractivity contribution in [2.75, 3.05) is 18.3 Å². The molecule has 94 valence electrons. The third kappa shape index (κ3) is 5.02. The summed E-state index contributed by atoms with van der Waals surface area (Å²) in [5.41, 5.74) is 1.08. The first kappa shape index (κ1) is 14.4. The Balaban J connectivity index is 2.48. The normalized spacial score (nSPS) is 12.4. The smallest absolute Gasteiger partial charge is 0.269 e. The van der Waals surface area contributed by atoms with Crippen LogP contribution < -0.4 is 0 Å². The Morgan fingerprint density at radius 2 is 2.00 bits per heavy atom. The Morgan fingerprint density at radius 3 is 2.47 bits per heavy atom. The van der Waals surface area contributed by atoms with Gasteiger partial charge >= 0.3 is 0 Å². The second-order valence-electron chi connectivity index (χ2n) is 3.24. The van der Waals surface area contributed by atoms with Crippen LogP contribution in [0.2, 0.25) is 0 Å². The highest BCUT2D eigenvalue weighted by Gasteiger charge is 2.08. The summed E-state index contributed by atoms with van der Waals surface area (Å²) >= 11 is 1.69. The maximum absolute atomic E-state index is 10.5. The molecule has 1 unspecified atom stereocenters. The quantitative estimate of drug-likeness (QED) is 0.325. The standard InChI is InChI=1S/C11H16NO3PS/c1-3-15-16(4-2)9-17-11-7-5-10(6-8-11)12(13)14/h5-8H,3-4,9H2,1-2H3. The summed E-state index contributed by atoms with van der Waals surface area (Å²) < 4.78 is 5.61. The van der Waals surface area contributed by atoms with Gasteiger partial charge in [-0.25, -0.2) is 0 Å². The summed E-state index contributed by atoms with van der Waals surface area (Å²) in [6.45, 7) is 4.87. The minimum atomic E-state index is -0.381. The molecule has 0 heterocycles. The fourth-order valence-electron chi connectivity index (χ4n) is 1.21. The van der Waals surface area contributed by atoms with E-state index >= 15 is 0 Å². The van der Waals surface area contributed by atoms with Gasteiger partial charge in [0.1, 0.15) is 0 Å². The summed E-state index contributed by atoms with van der Waals surface area (Å²) in [7, 11) is -0.373. The van der Waals surface area contributed by atoms with E-state index in [1.165, 1.54) is 12.1 Å². The molecule has 6 heteroatoms. The number of hydrogen-bond acceptors (Lipinski definition) is 4. The molecule has 0 radical (unpaired) electrons. The molecule has 0 fully saturated rings. The number of thioether (sulfide) groups is 1. The number of nitro benzene ring substituents is 1. The SMILES string of the molecule is CCOP(CC)CSc1ccc([N+](=O)[O-])cc1. The molecule has 0 aliphatic heterocycles. The van der Waals surface area contributed by atoms with Crippen LogP contribution in [0.4, 0.5) is 5.69 Å². The average molecular weight is 273 g/mol. The number of benzene rings is 1. The largest absolute Gasteiger partial charge is 0.359 e. The number of nitro groups is 1. The number of non-ortho nitro benzene ring substituents is 1. The van der Waals surface area contributed by atoms with Gasteiger partial charge < -0.3 is 4.52 Å². The van der Waals surface area contributed by atoms with Crippen LogP contribution in [0.25, 0.3) is 0 Å². The van der Waals surface area contributed by atoms with E-state index in [0.29, 0.717) is 0 Å². The summed E-state index contributed by atoms with van der Waals surface area (Å²) in [4.78, 5) is 11.2. The van der Waals surface area contributed by atoms with E-state index in [2.05, 4.69) is 6.92 Å². The van der Waals surface area contributed by atoms with Crippen LogP contribution in [0, 0.1) is 10.1 Å². The molecule has 1 atom stereocenters. The summed E-state index contributed by atoms with van der Waals surface area (Å²) in [5.74, 6) is 0. The van der Waals surface area contributed by atoms with Gasteiger partial charge in [0.25, 0.3) is 5.69 Å². The molecule has 1 aromatic carbocycles. The van der Waals surface area contributed by atoms with Gasteiger partial charge in [0.05, 0.1) is 4.92 Å². The van der Waals surface area contributed by atoms with Gasteiger partial charge in [0.2, 0.25) is 0 Å². The predicted molar refractivity (Wildman–Crippen MR) is 72.9 cm³/mol. The first-order valence-electron chi connectivity index (χ1n) is 5.42. The van der Waals surface area contributed by atoms with Gasteiger partial charge in [-0.05, 0) is 25.2 Å². The van der Waals surface area contributed by atoms with Crippen LogP contribution >= 0.6 is 19.9 Å². The first-order valence-corrected chi connectivity index (χ1v) is 8.04. The molecule has 0 aromatic heterocycles. The summed E-state index contributed by atoms with van der Waals surface area (Å²) in [6.07, 6.45) is 1.04. The van der Waals surface area contributed by atoms with Crippen molar-refractivity contribution < 1.29 is 9.45 Å². The lowest BCUT2D eigenvalue weighted by Crippen LogP contribution is -1.90. The zero-order chi connectivity index (χ0) is 12.7. The zero-order valence-corrected chi connectivity index (χ0v) is 11.7. The van der Waals surface area contributed by atoms with Crippen molar-refractivity contribution >= 4 is 25.6 Å². The van der Waals surface area contributed by atoms with Crippen LogP contribution in [0.5, 0.6) is 0 Å². The fourth-order valence-corrected chi connectivity index (χ4v) is 4.29. The second kappa shape index (κ2) is 7.64. The van der Waals surface area contributed by atoms with Gasteiger partial charge in [-0.3, -0.25) is 10.1 Å². The van der Waals surface area contributed by atoms with Crippen LogP contribution in [-0.2, 0) is 4.52 Å². The van der Waals surface area contributed by atoms with Gasteiger partial charge in [0, 0.05) is 37.3 Å². The average Bonchev–Trinajstić information content (AvgIpc) is 2.35. The monoisotopic (exact) mass is 273 g/mol. The molecule has 1 rings (SSSR count). The van der Waals surface area contributed by atoms with Crippen molar-refractivity contribution in [3.8, 4) is 0 Å². The second-order valence-corrected chi connectivity index (χ2v) is 6.89. The lowest BCUT2D eigenvalue weighted by molar-refractivity contribution is -0.384. The Hall–Kier alpha value is -0.640. The molecule has 0 aliphatic rings. The van der Waals surface area contributed by atoms with Crippen molar-refractivity contribution in [3.63, 3.8) is 0 Å². The lowest BCUT2D eigenvalue weighted by atomic mass is 10.3. The summed E-state index contributed by atoms with van der Waals surface area (Å²) in [6, 6.07) is 6.66. The molecule has 0 amide bonds. The van der Waals surface area contributed by atoms with E-state index in [0.717, 1.165) is 23.2 Å². The molecular weight excluding hydrogens is 257 g/mol. The van der Waals surface area contributed by atoms with Crippen LogP contribution in [-0.4, -0.2) is 23.2 Å². The van der Waals surface area contributed by atoms with Crippen molar-refractivity contribution in [2.24, 2.45) is 0 Å². The number of nitrogens with zero attached hydrogens (tertiary/aromatic N) is 1. The van der Waals surface area contributed by atoms with Crippen molar-refractivity contribution in [1.29, 1.82) is 0 Å². The van der Waals surface area contributed by atoms with Crippen LogP contribution in [0.1, 0.15) is 13.8 Å². The third-order valence-electron chi connectivity index (χ3n) is 2.09. The summed E-state index contributed by atoms with van der Waals surface area (Å²) in [5, 5.41) is 10.5.